The van der Waals surface area contributed by atoms with Gasteiger partial charge in [-0.2, -0.15) is 0 Å². The number of hydrogen-bond acceptors (Lipinski definition) is 3. The van der Waals surface area contributed by atoms with Crippen molar-refractivity contribution in [2.75, 3.05) is 6.61 Å². The average Bonchev–Trinajstić information content (AvgIpc) is 2.19. The van der Waals surface area contributed by atoms with E-state index >= 15 is 0 Å². The van der Waals surface area contributed by atoms with Crippen molar-refractivity contribution in [3.05, 3.63) is 0 Å². The summed E-state index contributed by atoms with van der Waals surface area (Å²) in [6, 6.07) is 0.452. The maximum Gasteiger partial charge on any atom is 0.311 e. The lowest BCUT2D eigenvalue weighted by atomic mass is 9.96. The Morgan fingerprint density at radius 2 is 2.00 bits per heavy atom. The Labute approximate surface area is 91.9 Å². The number of hydrogen-bond donors (Lipinski definition) is 0. The second kappa shape index (κ2) is 6.59. The Hall–Kier alpha value is -0.860. The highest BCUT2D eigenvalue weighted by molar-refractivity contribution is 5.97. The van der Waals surface area contributed by atoms with Crippen molar-refractivity contribution in [2.45, 2.75) is 58.4 Å². The number of esters is 1. The zero-order valence-corrected chi connectivity index (χ0v) is 9.79. The summed E-state index contributed by atoms with van der Waals surface area (Å²) in [6.07, 6.45) is 6.61. The van der Waals surface area contributed by atoms with Crippen LogP contribution in [-0.2, 0) is 9.53 Å². The summed E-state index contributed by atoms with van der Waals surface area (Å²) in [4.78, 5) is 15.8. The Bertz CT molecular complexity index is 230. The zero-order valence-electron chi connectivity index (χ0n) is 9.79. The van der Waals surface area contributed by atoms with Gasteiger partial charge in [0.1, 0.15) is 0 Å². The maximum atomic E-state index is 11.2. The molecule has 1 saturated carbocycles. The van der Waals surface area contributed by atoms with Gasteiger partial charge < -0.3 is 4.74 Å². The molecule has 1 aliphatic carbocycles. The van der Waals surface area contributed by atoms with Crippen molar-refractivity contribution >= 4 is 11.7 Å². The quantitative estimate of drug-likeness (QED) is 0.529. The molecule has 0 N–H and O–H groups in total. The monoisotopic (exact) mass is 211 g/mol. The standard InChI is InChI=1S/C12H21NO2/c1-3-15-12(14)9-10(2)13-11-7-5-4-6-8-11/h11H,3-9H2,1-2H3/b13-10-. The Morgan fingerprint density at radius 3 is 2.60 bits per heavy atom. The zero-order chi connectivity index (χ0) is 11.1. The molecule has 0 aliphatic heterocycles. The van der Waals surface area contributed by atoms with E-state index < -0.39 is 0 Å². The molecule has 0 spiro atoms. The van der Waals surface area contributed by atoms with Gasteiger partial charge in [0.25, 0.3) is 0 Å². The minimum atomic E-state index is -0.158. The molecule has 3 heteroatoms. The van der Waals surface area contributed by atoms with Gasteiger partial charge in [-0.15, -0.1) is 0 Å². The van der Waals surface area contributed by atoms with Crippen LogP contribution in [0.4, 0.5) is 0 Å². The maximum absolute atomic E-state index is 11.2. The third kappa shape index (κ3) is 4.96. The molecule has 15 heavy (non-hydrogen) atoms. The van der Waals surface area contributed by atoms with E-state index in [9.17, 15) is 4.79 Å². The highest BCUT2D eigenvalue weighted by atomic mass is 16.5. The van der Waals surface area contributed by atoms with Gasteiger partial charge in [-0.1, -0.05) is 19.3 Å². The van der Waals surface area contributed by atoms with Crippen LogP contribution < -0.4 is 0 Å². The molecule has 0 aromatic carbocycles. The second-order valence-corrected chi connectivity index (χ2v) is 4.14. The van der Waals surface area contributed by atoms with Gasteiger partial charge in [-0.3, -0.25) is 9.79 Å². The number of carbonyl (C=O) groups excluding carboxylic acids is 1. The Morgan fingerprint density at radius 1 is 1.33 bits per heavy atom. The molecule has 0 heterocycles. The van der Waals surface area contributed by atoms with E-state index in [4.69, 9.17) is 4.74 Å². The van der Waals surface area contributed by atoms with E-state index in [2.05, 4.69) is 4.99 Å². The number of rotatable bonds is 4. The van der Waals surface area contributed by atoms with Crippen molar-refractivity contribution in [1.82, 2.24) is 0 Å². The fourth-order valence-electron chi connectivity index (χ4n) is 1.99. The summed E-state index contributed by atoms with van der Waals surface area (Å²) in [5.74, 6) is -0.158. The first-order chi connectivity index (χ1) is 7.22. The van der Waals surface area contributed by atoms with Crippen LogP contribution in [0.2, 0.25) is 0 Å². The number of aliphatic imine (C=N–C) groups is 1. The lowest BCUT2D eigenvalue weighted by Gasteiger charge is -2.18. The lowest BCUT2D eigenvalue weighted by Crippen LogP contribution is -2.14. The van der Waals surface area contributed by atoms with Crippen molar-refractivity contribution < 1.29 is 9.53 Å². The van der Waals surface area contributed by atoms with Crippen LogP contribution in [0.3, 0.4) is 0 Å². The van der Waals surface area contributed by atoms with E-state index in [1.807, 2.05) is 13.8 Å². The molecule has 86 valence electrons. The summed E-state index contributed by atoms with van der Waals surface area (Å²) in [5.41, 5.74) is 0.917. The summed E-state index contributed by atoms with van der Waals surface area (Å²) in [6.45, 7) is 4.20. The van der Waals surface area contributed by atoms with E-state index in [-0.39, 0.29) is 5.97 Å². The first-order valence-electron chi connectivity index (χ1n) is 5.91. The molecule has 0 amide bonds. The first-order valence-corrected chi connectivity index (χ1v) is 5.91. The number of nitrogens with zero attached hydrogens (tertiary/aromatic N) is 1. The molecule has 0 unspecified atom stereocenters. The van der Waals surface area contributed by atoms with Gasteiger partial charge in [0, 0.05) is 11.8 Å². The van der Waals surface area contributed by atoms with Crippen LogP contribution in [0.25, 0.3) is 0 Å². The molecule has 0 radical (unpaired) electrons. The van der Waals surface area contributed by atoms with E-state index in [1.54, 1.807) is 0 Å². The lowest BCUT2D eigenvalue weighted by molar-refractivity contribution is -0.141. The van der Waals surface area contributed by atoms with Crippen molar-refractivity contribution in [3.63, 3.8) is 0 Å². The van der Waals surface area contributed by atoms with E-state index in [0.717, 1.165) is 5.71 Å². The van der Waals surface area contributed by atoms with Gasteiger partial charge in [0.15, 0.2) is 0 Å². The smallest absolute Gasteiger partial charge is 0.311 e. The van der Waals surface area contributed by atoms with Gasteiger partial charge in [-0.25, -0.2) is 0 Å². The SMILES string of the molecule is CCOC(=O)C/C(C)=N\C1CCCCC1. The minimum absolute atomic E-state index is 0.158. The van der Waals surface area contributed by atoms with Crippen molar-refractivity contribution in [2.24, 2.45) is 4.99 Å². The van der Waals surface area contributed by atoms with E-state index in [1.165, 1.54) is 32.1 Å². The second-order valence-electron chi connectivity index (χ2n) is 4.14. The largest absolute Gasteiger partial charge is 0.466 e. The van der Waals surface area contributed by atoms with Gasteiger partial charge in [0.2, 0.25) is 0 Å². The molecular weight excluding hydrogens is 190 g/mol. The fraction of sp³-hybridized carbons (Fsp3) is 0.833. The normalized spacial score (nSPS) is 18.9. The molecule has 0 saturated heterocycles. The van der Waals surface area contributed by atoms with Crippen LogP contribution in [-0.4, -0.2) is 24.3 Å². The van der Waals surface area contributed by atoms with Crippen molar-refractivity contribution in [3.8, 4) is 0 Å². The molecule has 0 aromatic heterocycles. The predicted octanol–water partition coefficient (Wildman–Crippen LogP) is 2.73. The van der Waals surface area contributed by atoms with Crippen LogP contribution in [0, 0.1) is 0 Å². The highest BCUT2D eigenvalue weighted by Gasteiger charge is 2.13. The first kappa shape index (κ1) is 12.2. The Kier molecular flexibility index (Phi) is 5.37. The third-order valence-electron chi connectivity index (χ3n) is 2.68. The summed E-state index contributed by atoms with van der Waals surface area (Å²) < 4.78 is 4.88. The predicted molar refractivity (Wildman–Crippen MR) is 61.2 cm³/mol. The van der Waals surface area contributed by atoms with Gasteiger partial charge in [-0.05, 0) is 26.7 Å². The molecule has 0 bridgehead atoms. The van der Waals surface area contributed by atoms with E-state index in [0.29, 0.717) is 19.1 Å². The highest BCUT2D eigenvalue weighted by Crippen LogP contribution is 2.20. The number of ether oxygens (including phenoxy) is 1. The van der Waals surface area contributed by atoms with Crippen LogP contribution in [0.5, 0.6) is 0 Å². The average molecular weight is 211 g/mol. The van der Waals surface area contributed by atoms with Gasteiger partial charge in [0.05, 0.1) is 13.0 Å². The molecule has 0 atom stereocenters. The topological polar surface area (TPSA) is 38.7 Å². The van der Waals surface area contributed by atoms with Crippen molar-refractivity contribution in [1.29, 1.82) is 0 Å². The molecule has 1 fully saturated rings. The molecular formula is C12H21NO2. The molecule has 0 aromatic rings. The van der Waals surface area contributed by atoms with Gasteiger partial charge >= 0.3 is 5.97 Å². The molecule has 1 aliphatic rings. The fourth-order valence-corrected chi connectivity index (χ4v) is 1.99. The third-order valence-corrected chi connectivity index (χ3v) is 2.68. The van der Waals surface area contributed by atoms with Crippen LogP contribution >= 0.6 is 0 Å². The van der Waals surface area contributed by atoms with Crippen LogP contribution in [0.15, 0.2) is 4.99 Å². The van der Waals surface area contributed by atoms with Crippen LogP contribution in [0.1, 0.15) is 52.4 Å². The molecule has 3 nitrogen and oxygen atoms in total. The summed E-state index contributed by atoms with van der Waals surface area (Å²) >= 11 is 0. The Balaban J connectivity index is 2.33. The number of carbonyl (C=O) groups is 1. The minimum Gasteiger partial charge on any atom is -0.466 e. The summed E-state index contributed by atoms with van der Waals surface area (Å²) in [5, 5.41) is 0. The molecule has 1 rings (SSSR count). The summed E-state index contributed by atoms with van der Waals surface area (Å²) in [7, 11) is 0.